The lowest BCUT2D eigenvalue weighted by Gasteiger charge is -2.10. The number of aryl methyl sites for hydroxylation is 1. The van der Waals surface area contributed by atoms with Gasteiger partial charge in [0.15, 0.2) is 0 Å². The number of carbonyl (C=O) groups is 1. The first-order valence-electron chi connectivity index (χ1n) is 6.05. The summed E-state index contributed by atoms with van der Waals surface area (Å²) >= 11 is 1.59. The highest BCUT2D eigenvalue weighted by Crippen LogP contribution is 2.18. The van der Waals surface area contributed by atoms with Gasteiger partial charge < -0.3 is 10.4 Å². The summed E-state index contributed by atoms with van der Waals surface area (Å²) in [5.74, 6) is 0.265. The zero-order chi connectivity index (χ0) is 13.8. The zero-order valence-electron chi connectivity index (χ0n) is 10.9. The minimum Gasteiger partial charge on any atom is -0.508 e. The summed E-state index contributed by atoms with van der Waals surface area (Å²) in [4.78, 5) is 16.2. The Bertz CT molecular complexity index is 567. The number of phenols is 1. The lowest BCUT2D eigenvalue weighted by Crippen LogP contribution is -2.27. The molecule has 2 rings (SSSR count). The van der Waals surface area contributed by atoms with Crippen molar-refractivity contribution in [3.05, 3.63) is 45.9 Å². The Morgan fingerprint density at radius 1 is 1.53 bits per heavy atom. The molecule has 4 nitrogen and oxygen atoms in total. The van der Waals surface area contributed by atoms with Gasteiger partial charge in [-0.25, -0.2) is 4.98 Å². The fraction of sp³-hybridized carbons (Fsp3) is 0.286. The SMILES string of the molecule is Cc1cc(C(=O)NCC(C)c2nccs2)ccc1O. The van der Waals surface area contributed by atoms with Crippen LogP contribution in [0.3, 0.4) is 0 Å². The summed E-state index contributed by atoms with van der Waals surface area (Å²) in [6.45, 7) is 4.35. The first kappa shape index (κ1) is 13.5. The third-order valence-electron chi connectivity index (χ3n) is 2.90. The number of amides is 1. The third-order valence-corrected chi connectivity index (χ3v) is 3.91. The standard InChI is InChI=1S/C14H16N2O2S/c1-9-7-11(3-4-12(9)17)13(18)16-8-10(2)14-15-5-6-19-14/h3-7,10,17H,8H2,1-2H3,(H,16,18). The summed E-state index contributed by atoms with van der Waals surface area (Å²) in [6, 6.07) is 4.83. The summed E-state index contributed by atoms with van der Waals surface area (Å²) < 4.78 is 0. The first-order chi connectivity index (χ1) is 9.08. The van der Waals surface area contributed by atoms with E-state index in [2.05, 4.69) is 10.3 Å². The molecular weight excluding hydrogens is 260 g/mol. The van der Waals surface area contributed by atoms with Crippen LogP contribution in [0.4, 0.5) is 0 Å². The van der Waals surface area contributed by atoms with Gasteiger partial charge in [-0.2, -0.15) is 0 Å². The normalized spacial score (nSPS) is 12.1. The van der Waals surface area contributed by atoms with Gasteiger partial charge in [0.05, 0.1) is 5.01 Å². The van der Waals surface area contributed by atoms with Crippen LogP contribution in [0.1, 0.15) is 33.8 Å². The number of phenolic OH excluding ortho intramolecular Hbond substituents is 1. The molecule has 19 heavy (non-hydrogen) atoms. The smallest absolute Gasteiger partial charge is 0.251 e. The van der Waals surface area contributed by atoms with Gasteiger partial charge in [0.25, 0.3) is 5.91 Å². The van der Waals surface area contributed by atoms with E-state index in [0.717, 1.165) is 5.01 Å². The van der Waals surface area contributed by atoms with E-state index in [-0.39, 0.29) is 17.6 Å². The van der Waals surface area contributed by atoms with Crippen LogP contribution in [0.15, 0.2) is 29.8 Å². The molecule has 0 fully saturated rings. The molecule has 1 unspecified atom stereocenters. The number of nitrogens with zero attached hydrogens (tertiary/aromatic N) is 1. The molecule has 0 saturated carbocycles. The largest absolute Gasteiger partial charge is 0.508 e. The second kappa shape index (κ2) is 5.84. The molecule has 1 heterocycles. The fourth-order valence-corrected chi connectivity index (χ4v) is 2.41. The van der Waals surface area contributed by atoms with Crippen molar-refractivity contribution in [3.63, 3.8) is 0 Å². The maximum Gasteiger partial charge on any atom is 0.251 e. The average Bonchev–Trinajstić information content (AvgIpc) is 2.92. The van der Waals surface area contributed by atoms with Crippen molar-refractivity contribution in [3.8, 4) is 5.75 Å². The van der Waals surface area contributed by atoms with Gasteiger partial charge in [0.1, 0.15) is 5.75 Å². The van der Waals surface area contributed by atoms with Gasteiger partial charge >= 0.3 is 0 Å². The number of hydrogen-bond donors (Lipinski definition) is 2. The van der Waals surface area contributed by atoms with Crippen LogP contribution in [0.5, 0.6) is 5.75 Å². The van der Waals surface area contributed by atoms with Gasteiger partial charge in [-0.1, -0.05) is 6.92 Å². The molecule has 0 saturated heterocycles. The Hall–Kier alpha value is -1.88. The van der Waals surface area contributed by atoms with E-state index in [1.807, 2.05) is 12.3 Å². The van der Waals surface area contributed by atoms with E-state index in [9.17, 15) is 9.90 Å². The second-order valence-corrected chi connectivity index (χ2v) is 5.41. The van der Waals surface area contributed by atoms with Gasteiger partial charge in [0, 0.05) is 29.6 Å². The molecule has 0 aliphatic carbocycles. The maximum atomic E-state index is 12.0. The summed E-state index contributed by atoms with van der Waals surface area (Å²) in [5.41, 5.74) is 1.25. The molecule has 1 aromatic carbocycles. The molecule has 2 N–H and O–H groups in total. The van der Waals surface area contributed by atoms with E-state index in [0.29, 0.717) is 17.7 Å². The van der Waals surface area contributed by atoms with Gasteiger partial charge in [-0.05, 0) is 30.7 Å². The van der Waals surface area contributed by atoms with Crippen LogP contribution in [-0.4, -0.2) is 22.5 Å². The number of benzene rings is 1. The second-order valence-electron chi connectivity index (χ2n) is 4.48. The van der Waals surface area contributed by atoms with Crippen molar-refractivity contribution in [1.82, 2.24) is 10.3 Å². The Morgan fingerprint density at radius 2 is 2.32 bits per heavy atom. The average molecular weight is 276 g/mol. The first-order valence-corrected chi connectivity index (χ1v) is 6.93. The Balaban J connectivity index is 1.96. The zero-order valence-corrected chi connectivity index (χ0v) is 11.7. The molecule has 0 spiro atoms. The molecule has 0 aliphatic heterocycles. The summed E-state index contributed by atoms with van der Waals surface area (Å²) in [5, 5.41) is 15.3. The van der Waals surface area contributed by atoms with Crippen molar-refractivity contribution in [2.24, 2.45) is 0 Å². The molecule has 100 valence electrons. The monoisotopic (exact) mass is 276 g/mol. The minimum absolute atomic E-state index is 0.133. The molecule has 1 amide bonds. The van der Waals surface area contributed by atoms with Gasteiger partial charge in [0.2, 0.25) is 0 Å². The molecule has 1 aromatic heterocycles. The van der Waals surface area contributed by atoms with Crippen molar-refractivity contribution in [2.45, 2.75) is 19.8 Å². The highest BCUT2D eigenvalue weighted by molar-refractivity contribution is 7.09. The topological polar surface area (TPSA) is 62.2 Å². The molecule has 0 bridgehead atoms. The molecule has 2 aromatic rings. The molecule has 1 atom stereocenters. The van der Waals surface area contributed by atoms with Crippen molar-refractivity contribution in [2.75, 3.05) is 6.54 Å². The molecule has 0 aliphatic rings. The minimum atomic E-state index is -0.133. The van der Waals surface area contributed by atoms with E-state index in [1.54, 1.807) is 36.6 Å². The number of carbonyl (C=O) groups excluding carboxylic acids is 1. The lowest BCUT2D eigenvalue weighted by atomic mass is 10.1. The van der Waals surface area contributed by atoms with E-state index in [4.69, 9.17) is 0 Å². The quantitative estimate of drug-likeness (QED) is 0.902. The van der Waals surface area contributed by atoms with Crippen LogP contribution in [0, 0.1) is 6.92 Å². The number of aromatic hydroxyl groups is 1. The molecule has 0 radical (unpaired) electrons. The summed E-state index contributed by atoms with van der Waals surface area (Å²) in [7, 11) is 0. The van der Waals surface area contributed by atoms with E-state index >= 15 is 0 Å². The molecule has 5 heteroatoms. The van der Waals surface area contributed by atoms with E-state index in [1.165, 1.54) is 6.07 Å². The van der Waals surface area contributed by atoms with Crippen LogP contribution in [0.2, 0.25) is 0 Å². The lowest BCUT2D eigenvalue weighted by molar-refractivity contribution is 0.0951. The van der Waals surface area contributed by atoms with Gasteiger partial charge in [-0.3, -0.25) is 4.79 Å². The maximum absolute atomic E-state index is 12.0. The summed E-state index contributed by atoms with van der Waals surface area (Å²) in [6.07, 6.45) is 1.77. The van der Waals surface area contributed by atoms with Crippen LogP contribution in [-0.2, 0) is 0 Å². The van der Waals surface area contributed by atoms with E-state index < -0.39 is 0 Å². The number of nitrogens with one attached hydrogen (secondary N) is 1. The predicted octanol–water partition coefficient (Wildman–Crippen LogP) is 2.69. The third kappa shape index (κ3) is 3.32. The molecular formula is C14H16N2O2S. The number of aromatic nitrogens is 1. The predicted molar refractivity (Wildman–Crippen MR) is 75.7 cm³/mol. The number of hydrogen-bond acceptors (Lipinski definition) is 4. The van der Waals surface area contributed by atoms with Crippen LogP contribution >= 0.6 is 11.3 Å². The Kier molecular flexibility index (Phi) is 4.16. The number of thiazole rings is 1. The highest BCUT2D eigenvalue weighted by Gasteiger charge is 2.11. The van der Waals surface area contributed by atoms with Crippen molar-refractivity contribution < 1.29 is 9.90 Å². The van der Waals surface area contributed by atoms with Crippen LogP contribution < -0.4 is 5.32 Å². The Labute approximate surface area is 116 Å². The van der Waals surface area contributed by atoms with Crippen molar-refractivity contribution >= 4 is 17.2 Å². The Morgan fingerprint density at radius 3 is 2.95 bits per heavy atom. The van der Waals surface area contributed by atoms with Crippen LogP contribution in [0.25, 0.3) is 0 Å². The highest BCUT2D eigenvalue weighted by atomic mass is 32.1. The van der Waals surface area contributed by atoms with Crippen molar-refractivity contribution in [1.29, 1.82) is 0 Å². The van der Waals surface area contributed by atoms with Gasteiger partial charge in [-0.15, -0.1) is 11.3 Å². The fourth-order valence-electron chi connectivity index (χ4n) is 1.71. The number of rotatable bonds is 4.